The van der Waals surface area contributed by atoms with E-state index in [0.29, 0.717) is 6.02 Å². The number of nitrogens with zero attached hydrogens (tertiary/aromatic N) is 1. The first-order valence-corrected chi connectivity index (χ1v) is 17.2. The van der Waals surface area contributed by atoms with Crippen LogP contribution in [0.5, 0.6) is 0 Å². The average Bonchev–Trinajstić information content (AvgIpc) is 2.06. The molecule has 0 heterocycles. The summed E-state index contributed by atoms with van der Waals surface area (Å²) < 4.78 is 11.3. The molecule has 0 aliphatic rings. The predicted octanol–water partition coefficient (Wildman–Crippen LogP) is 3.00. The Morgan fingerprint density at radius 1 is 0.900 bits per heavy atom. The lowest BCUT2D eigenvalue weighted by Crippen LogP contribution is -2.49. The number of nitrogens with one attached hydrogen (secondary N) is 1. The maximum atomic E-state index is 11.7. The van der Waals surface area contributed by atoms with E-state index in [4.69, 9.17) is 8.85 Å². The van der Waals surface area contributed by atoms with Crippen molar-refractivity contribution in [2.24, 2.45) is 4.99 Å². The van der Waals surface area contributed by atoms with E-state index >= 15 is 0 Å². The summed E-state index contributed by atoms with van der Waals surface area (Å²) in [5.74, 6) is -0.279. The van der Waals surface area contributed by atoms with E-state index in [1.807, 2.05) is 19.6 Å². The molecule has 0 saturated heterocycles. The molecule has 20 heavy (non-hydrogen) atoms. The lowest BCUT2D eigenvalue weighted by Gasteiger charge is -2.26. The Labute approximate surface area is 126 Å². The highest BCUT2D eigenvalue weighted by Crippen LogP contribution is 2.06. The van der Waals surface area contributed by atoms with Crippen LogP contribution >= 0.6 is 0 Å². The highest BCUT2D eigenvalue weighted by molar-refractivity contribution is 6.77. The molecule has 5 nitrogen and oxygen atoms in total. The molecule has 0 fully saturated rings. The summed E-state index contributed by atoms with van der Waals surface area (Å²) in [5.41, 5.74) is 0. The molecule has 0 saturated carbocycles. The maximum absolute atomic E-state index is 11.7. The van der Waals surface area contributed by atoms with Gasteiger partial charge in [0.1, 0.15) is 14.8 Å². The largest absolute Gasteiger partial charge is 0.520 e. The fourth-order valence-corrected chi connectivity index (χ4v) is 3.54. The van der Waals surface area contributed by atoms with Gasteiger partial charge in [-0.25, -0.2) is 4.99 Å². The van der Waals surface area contributed by atoms with Crippen LogP contribution in [0, 0.1) is 0 Å². The van der Waals surface area contributed by atoms with Crippen molar-refractivity contribution in [2.75, 3.05) is 6.54 Å². The van der Waals surface area contributed by atoms with Gasteiger partial charge in [-0.15, -0.1) is 0 Å². The zero-order chi connectivity index (χ0) is 16.2. The van der Waals surface area contributed by atoms with Gasteiger partial charge in [0.15, 0.2) is 0 Å². The monoisotopic (exact) mass is 334 g/mol. The first kappa shape index (κ1) is 19.4. The second-order valence-electron chi connectivity index (χ2n) is 7.80. The summed E-state index contributed by atoms with van der Waals surface area (Å²) in [4.78, 5) is 19.4. The molecule has 0 unspecified atom stereocenters. The fraction of sp³-hybridized carbons (Fsp3) is 0.833. The third-order valence-corrected chi connectivity index (χ3v) is 4.27. The van der Waals surface area contributed by atoms with Crippen molar-refractivity contribution in [3.8, 4) is 0 Å². The second kappa shape index (κ2) is 6.90. The second-order valence-corrected chi connectivity index (χ2v) is 21.4. The number of carbonyl (C=O) groups is 1. The van der Waals surface area contributed by atoms with Gasteiger partial charge in [-0.3, -0.25) is 4.79 Å². The van der Waals surface area contributed by atoms with Crippen molar-refractivity contribution < 1.29 is 13.6 Å². The zero-order valence-electron chi connectivity index (χ0n) is 14.4. The van der Waals surface area contributed by atoms with E-state index in [1.54, 1.807) is 0 Å². The summed E-state index contributed by atoms with van der Waals surface area (Å²) in [5, 5.41) is 0. The molecule has 0 aliphatic carbocycles. The first-order valence-electron chi connectivity index (χ1n) is 6.91. The number of carbonyl (C=O) groups excluding carboxylic acids is 1. The van der Waals surface area contributed by atoms with Crippen molar-refractivity contribution in [2.45, 2.75) is 58.9 Å². The molecule has 118 valence electrons. The molecule has 0 aromatic heterocycles. The van der Waals surface area contributed by atoms with Crippen LogP contribution in [0.3, 0.4) is 0 Å². The number of hydrogen-bond acceptors (Lipinski definition) is 4. The van der Waals surface area contributed by atoms with Gasteiger partial charge in [-0.1, -0.05) is 19.6 Å². The maximum Gasteiger partial charge on any atom is 0.314 e. The van der Waals surface area contributed by atoms with Crippen LogP contribution in [0.1, 0.15) is 0 Å². The minimum atomic E-state index is -1.85. The molecular weight excluding hydrogens is 304 g/mol. The van der Waals surface area contributed by atoms with Crippen molar-refractivity contribution in [3.05, 3.63) is 0 Å². The SMILES string of the molecule is C[Si](C)(C)NC(=NCC(=O)O[Si](C)(C)C)O[Si](C)(C)C. The third kappa shape index (κ3) is 12.4. The normalized spacial score (nSPS) is 13.9. The number of hydrogen-bond donors (Lipinski definition) is 1. The van der Waals surface area contributed by atoms with Crippen LogP contribution in [-0.4, -0.2) is 43.4 Å². The molecule has 0 atom stereocenters. The molecule has 0 aromatic carbocycles. The Morgan fingerprint density at radius 2 is 1.35 bits per heavy atom. The highest BCUT2D eigenvalue weighted by Gasteiger charge is 2.24. The summed E-state index contributed by atoms with van der Waals surface area (Å²) in [6, 6.07) is 0.496. The molecule has 1 N–H and O–H groups in total. The zero-order valence-corrected chi connectivity index (χ0v) is 17.4. The molecule has 8 heteroatoms. The predicted molar refractivity (Wildman–Crippen MR) is 92.7 cm³/mol. The summed E-state index contributed by atoms with van der Waals surface area (Å²) in [7, 11) is -5.17. The van der Waals surface area contributed by atoms with Crippen LogP contribution < -0.4 is 4.98 Å². The molecule has 0 amide bonds. The molecule has 0 bridgehead atoms. The van der Waals surface area contributed by atoms with Gasteiger partial charge in [0.05, 0.1) is 0 Å². The summed E-state index contributed by atoms with van der Waals surface area (Å²) in [6.07, 6.45) is 0. The lowest BCUT2D eigenvalue weighted by atomic mass is 10.7. The van der Waals surface area contributed by atoms with Crippen LogP contribution in [0.4, 0.5) is 0 Å². The van der Waals surface area contributed by atoms with Crippen molar-refractivity contribution in [1.82, 2.24) is 4.98 Å². The lowest BCUT2D eigenvalue weighted by molar-refractivity contribution is -0.133. The van der Waals surface area contributed by atoms with Gasteiger partial charge in [0.25, 0.3) is 6.02 Å². The van der Waals surface area contributed by atoms with Gasteiger partial charge >= 0.3 is 5.97 Å². The Bertz CT molecular complexity index is 348. The minimum Gasteiger partial charge on any atom is -0.520 e. The van der Waals surface area contributed by atoms with Crippen LogP contribution in [0.25, 0.3) is 0 Å². The molecule has 0 radical (unpaired) electrons. The van der Waals surface area contributed by atoms with Crippen molar-refractivity contribution in [3.63, 3.8) is 0 Å². The minimum absolute atomic E-state index is 0.0154. The van der Waals surface area contributed by atoms with Crippen molar-refractivity contribution in [1.29, 1.82) is 0 Å². The standard InChI is InChI=1S/C12H30N2O3Si3/c1-18(2,3)14-12(17-20(7,8)9)13-10-11(15)16-19(4,5)6/h10H2,1-9H3,(H,13,14). The van der Waals surface area contributed by atoms with E-state index in [-0.39, 0.29) is 12.5 Å². The molecule has 0 aromatic rings. The number of amidine groups is 1. The van der Waals surface area contributed by atoms with Gasteiger partial charge in [-0.05, 0) is 39.3 Å². The van der Waals surface area contributed by atoms with E-state index in [9.17, 15) is 4.79 Å². The Balaban J connectivity index is 4.77. The van der Waals surface area contributed by atoms with E-state index < -0.39 is 24.9 Å². The quantitative estimate of drug-likeness (QED) is 0.477. The number of aliphatic imine (C=N–C) groups is 1. The van der Waals surface area contributed by atoms with Gasteiger partial charge in [0, 0.05) is 0 Å². The Kier molecular flexibility index (Phi) is 6.69. The molecule has 0 aliphatic heterocycles. The molecule has 0 spiro atoms. The highest BCUT2D eigenvalue weighted by atomic mass is 28.4. The third-order valence-electron chi connectivity index (χ3n) is 1.66. The molecular formula is C12H30N2O3Si3. The van der Waals surface area contributed by atoms with E-state index in [0.717, 1.165) is 0 Å². The summed E-state index contributed by atoms with van der Waals surface area (Å²) >= 11 is 0. The van der Waals surface area contributed by atoms with Crippen molar-refractivity contribution >= 4 is 36.9 Å². The smallest absolute Gasteiger partial charge is 0.314 e. The summed E-state index contributed by atoms with van der Waals surface area (Å²) in [6.45, 7) is 18.7. The Morgan fingerprint density at radius 3 is 1.70 bits per heavy atom. The Hall–Kier alpha value is -0.609. The average molecular weight is 335 g/mol. The first-order chi connectivity index (χ1) is 8.68. The fourth-order valence-electron chi connectivity index (χ4n) is 1.22. The van der Waals surface area contributed by atoms with E-state index in [2.05, 4.69) is 49.3 Å². The van der Waals surface area contributed by atoms with Gasteiger partial charge < -0.3 is 13.8 Å². The van der Waals surface area contributed by atoms with Crippen LogP contribution in [0.15, 0.2) is 4.99 Å². The van der Waals surface area contributed by atoms with Gasteiger partial charge in [0.2, 0.25) is 16.6 Å². The number of rotatable bonds is 5. The van der Waals surface area contributed by atoms with Crippen LogP contribution in [0.2, 0.25) is 58.9 Å². The van der Waals surface area contributed by atoms with Gasteiger partial charge in [-0.2, -0.15) is 0 Å². The topological polar surface area (TPSA) is 59.9 Å². The molecule has 0 rings (SSSR count). The van der Waals surface area contributed by atoms with E-state index in [1.165, 1.54) is 0 Å². The van der Waals surface area contributed by atoms with Crippen LogP contribution in [-0.2, 0) is 13.6 Å².